The standard InChI is InChI=1S/C10H16N4/c1-7(13-2)8-3-4-9(5-8)10(12)14-6-11/h4-7,13H,3H2,1-2H3,(H3,11,12,14)/t7-/m1/s1. The molecular weight excluding hydrogens is 176 g/mol. The molecule has 76 valence electrons. The summed E-state index contributed by atoms with van der Waals surface area (Å²) in [5.41, 5.74) is 7.88. The maximum atomic E-state index is 6.82. The van der Waals surface area contributed by atoms with E-state index in [0.29, 0.717) is 11.9 Å². The summed E-state index contributed by atoms with van der Waals surface area (Å²) in [7, 11) is 1.93. The molecule has 0 aliphatic heterocycles. The van der Waals surface area contributed by atoms with Crippen molar-refractivity contribution in [1.82, 2.24) is 5.32 Å². The molecule has 0 unspecified atom stereocenters. The minimum atomic E-state index is 0.358. The van der Waals surface area contributed by atoms with Crippen LogP contribution in [-0.2, 0) is 0 Å². The summed E-state index contributed by atoms with van der Waals surface area (Å²) in [6.45, 7) is 2.10. The van der Waals surface area contributed by atoms with Crippen LogP contribution in [0.15, 0.2) is 28.3 Å². The minimum absolute atomic E-state index is 0.358. The highest BCUT2D eigenvalue weighted by Gasteiger charge is 2.13. The molecule has 0 amide bonds. The van der Waals surface area contributed by atoms with Crippen molar-refractivity contribution in [1.29, 1.82) is 5.41 Å². The lowest BCUT2D eigenvalue weighted by Crippen LogP contribution is -2.22. The summed E-state index contributed by atoms with van der Waals surface area (Å²) in [5, 5.41) is 9.99. The number of likely N-dealkylation sites (N-methyl/N-ethyl adjacent to an activating group) is 1. The summed E-state index contributed by atoms with van der Waals surface area (Å²) in [5.74, 6) is 0.415. The van der Waals surface area contributed by atoms with Crippen molar-refractivity contribution in [2.45, 2.75) is 19.4 Å². The van der Waals surface area contributed by atoms with Gasteiger partial charge in [0.25, 0.3) is 0 Å². The molecule has 4 nitrogen and oxygen atoms in total. The van der Waals surface area contributed by atoms with Gasteiger partial charge in [-0.2, -0.15) is 0 Å². The van der Waals surface area contributed by atoms with E-state index in [2.05, 4.69) is 17.2 Å². The summed E-state index contributed by atoms with van der Waals surface area (Å²) >= 11 is 0. The van der Waals surface area contributed by atoms with E-state index in [1.54, 1.807) is 0 Å². The molecule has 14 heavy (non-hydrogen) atoms. The van der Waals surface area contributed by atoms with Gasteiger partial charge in [0.15, 0.2) is 0 Å². The van der Waals surface area contributed by atoms with Gasteiger partial charge in [-0.05, 0) is 26.0 Å². The van der Waals surface area contributed by atoms with Gasteiger partial charge >= 0.3 is 0 Å². The van der Waals surface area contributed by atoms with Crippen molar-refractivity contribution in [2.75, 3.05) is 7.05 Å². The molecule has 4 heteroatoms. The fraction of sp³-hybridized carbons (Fsp3) is 0.400. The summed E-state index contributed by atoms with van der Waals surface area (Å²) in [4.78, 5) is 3.73. The van der Waals surface area contributed by atoms with Crippen LogP contribution in [0.25, 0.3) is 0 Å². The van der Waals surface area contributed by atoms with E-state index in [1.165, 1.54) is 5.57 Å². The maximum absolute atomic E-state index is 6.82. The number of hydrogen-bond donors (Lipinski definition) is 3. The van der Waals surface area contributed by atoms with Crippen LogP contribution in [0.1, 0.15) is 13.3 Å². The second-order valence-corrected chi connectivity index (χ2v) is 3.24. The lowest BCUT2D eigenvalue weighted by Gasteiger charge is -2.10. The van der Waals surface area contributed by atoms with E-state index in [9.17, 15) is 0 Å². The van der Waals surface area contributed by atoms with E-state index in [-0.39, 0.29) is 0 Å². The smallest absolute Gasteiger partial charge is 0.132 e. The van der Waals surface area contributed by atoms with Gasteiger partial charge < -0.3 is 11.1 Å². The van der Waals surface area contributed by atoms with E-state index < -0.39 is 0 Å². The average molecular weight is 192 g/mol. The highest BCUT2D eigenvalue weighted by atomic mass is 14.9. The Kier molecular flexibility index (Phi) is 3.59. The first-order valence-electron chi connectivity index (χ1n) is 4.59. The Morgan fingerprint density at radius 3 is 3.07 bits per heavy atom. The summed E-state index contributed by atoms with van der Waals surface area (Å²) in [6, 6.07) is 0.358. The van der Waals surface area contributed by atoms with E-state index in [0.717, 1.165) is 18.3 Å². The third kappa shape index (κ3) is 2.29. The zero-order valence-corrected chi connectivity index (χ0v) is 8.54. The number of nitrogens with one attached hydrogen (secondary N) is 2. The van der Waals surface area contributed by atoms with Crippen LogP contribution in [0, 0.1) is 5.41 Å². The lowest BCUT2D eigenvalue weighted by molar-refractivity contribution is 0.683. The second-order valence-electron chi connectivity index (χ2n) is 3.24. The lowest BCUT2D eigenvalue weighted by atomic mass is 10.1. The van der Waals surface area contributed by atoms with Gasteiger partial charge in [-0.1, -0.05) is 12.2 Å². The molecule has 0 spiro atoms. The SMILES string of the molecule is CN[C@H](C)C1=CC(C(N)=NC=N)=CC1. The van der Waals surface area contributed by atoms with E-state index >= 15 is 0 Å². The van der Waals surface area contributed by atoms with Crippen LogP contribution in [0.4, 0.5) is 0 Å². The van der Waals surface area contributed by atoms with E-state index in [4.69, 9.17) is 11.1 Å². The molecular formula is C10H16N4. The molecule has 0 aromatic carbocycles. The monoisotopic (exact) mass is 192 g/mol. The number of rotatable bonds is 4. The first-order valence-corrected chi connectivity index (χ1v) is 4.59. The first kappa shape index (κ1) is 10.7. The minimum Gasteiger partial charge on any atom is -0.383 e. The van der Waals surface area contributed by atoms with Gasteiger partial charge in [0.1, 0.15) is 12.2 Å². The van der Waals surface area contributed by atoms with Gasteiger partial charge in [-0.3, -0.25) is 5.41 Å². The van der Waals surface area contributed by atoms with Crippen LogP contribution in [0.3, 0.4) is 0 Å². The molecule has 0 aromatic rings. The van der Waals surface area contributed by atoms with Gasteiger partial charge in [0.05, 0.1) is 0 Å². The van der Waals surface area contributed by atoms with Crippen molar-refractivity contribution in [3.05, 3.63) is 23.3 Å². The predicted molar refractivity (Wildman–Crippen MR) is 59.7 cm³/mol. The molecule has 1 rings (SSSR count). The zero-order chi connectivity index (χ0) is 10.6. The Hall–Kier alpha value is -1.42. The average Bonchev–Trinajstić information content (AvgIpc) is 2.66. The van der Waals surface area contributed by atoms with Crippen LogP contribution >= 0.6 is 0 Å². The fourth-order valence-corrected chi connectivity index (χ4v) is 1.36. The number of nitrogens with zero attached hydrogens (tertiary/aromatic N) is 1. The highest BCUT2D eigenvalue weighted by Crippen LogP contribution is 2.20. The van der Waals surface area contributed by atoms with Crippen LogP contribution in [0.2, 0.25) is 0 Å². The molecule has 1 aliphatic rings. The van der Waals surface area contributed by atoms with Gasteiger partial charge in [0.2, 0.25) is 0 Å². The van der Waals surface area contributed by atoms with Gasteiger partial charge in [-0.25, -0.2) is 4.99 Å². The fourth-order valence-electron chi connectivity index (χ4n) is 1.36. The van der Waals surface area contributed by atoms with Gasteiger partial charge in [0, 0.05) is 11.6 Å². The Morgan fingerprint density at radius 2 is 2.50 bits per heavy atom. The molecule has 0 saturated heterocycles. The molecule has 0 radical (unpaired) electrons. The topological polar surface area (TPSA) is 74.3 Å². The van der Waals surface area contributed by atoms with Crippen molar-refractivity contribution < 1.29 is 0 Å². The molecule has 0 aromatic heterocycles. The molecule has 4 N–H and O–H groups in total. The molecule has 1 aliphatic carbocycles. The molecule has 0 heterocycles. The Bertz CT molecular complexity index is 312. The normalized spacial score (nSPS) is 18.9. The molecule has 0 fully saturated rings. The molecule has 0 bridgehead atoms. The Balaban J connectivity index is 2.73. The number of amidine groups is 1. The third-order valence-corrected chi connectivity index (χ3v) is 2.39. The highest BCUT2D eigenvalue weighted by molar-refractivity contribution is 6.03. The maximum Gasteiger partial charge on any atom is 0.132 e. The third-order valence-electron chi connectivity index (χ3n) is 2.39. The first-order chi connectivity index (χ1) is 6.69. The molecule has 1 atom stereocenters. The van der Waals surface area contributed by atoms with Crippen LogP contribution in [0.5, 0.6) is 0 Å². The summed E-state index contributed by atoms with van der Waals surface area (Å²) in [6.07, 6.45) is 5.93. The number of hydrogen-bond acceptors (Lipinski definition) is 2. The number of aliphatic imine (C=N–C) groups is 1. The quantitative estimate of drug-likeness (QED) is 0.455. The van der Waals surface area contributed by atoms with Crippen molar-refractivity contribution in [3.63, 3.8) is 0 Å². The van der Waals surface area contributed by atoms with Crippen molar-refractivity contribution in [2.24, 2.45) is 10.7 Å². The largest absolute Gasteiger partial charge is 0.383 e. The van der Waals surface area contributed by atoms with Crippen molar-refractivity contribution in [3.8, 4) is 0 Å². The number of nitrogens with two attached hydrogens (primary N) is 1. The number of allylic oxidation sites excluding steroid dienone is 1. The predicted octanol–water partition coefficient (Wildman–Crippen LogP) is 0.815. The second kappa shape index (κ2) is 4.72. The summed E-state index contributed by atoms with van der Waals surface area (Å²) < 4.78 is 0. The Labute approximate surface area is 84.1 Å². The van der Waals surface area contributed by atoms with E-state index in [1.807, 2.05) is 19.2 Å². The Morgan fingerprint density at radius 1 is 1.79 bits per heavy atom. The molecule has 0 saturated carbocycles. The van der Waals surface area contributed by atoms with Crippen LogP contribution < -0.4 is 11.1 Å². The van der Waals surface area contributed by atoms with Crippen LogP contribution in [-0.4, -0.2) is 25.3 Å². The zero-order valence-electron chi connectivity index (χ0n) is 8.54. The van der Waals surface area contributed by atoms with Crippen molar-refractivity contribution >= 4 is 12.2 Å². The van der Waals surface area contributed by atoms with Gasteiger partial charge in [-0.15, -0.1) is 0 Å².